The fourth-order valence-corrected chi connectivity index (χ4v) is 6.80. The number of nitrogens with zero attached hydrogens (tertiary/aromatic N) is 3. The normalized spacial score (nSPS) is 18.1. The lowest BCUT2D eigenvalue weighted by molar-refractivity contribution is -0.139. The number of fused-ring (bicyclic) bond motifs is 1. The van der Waals surface area contributed by atoms with Crippen molar-refractivity contribution in [2.24, 2.45) is 10.9 Å². The maximum absolute atomic E-state index is 14.0. The number of thiazole rings is 1. The maximum Gasteiger partial charge on any atom is 0.338 e. The van der Waals surface area contributed by atoms with Gasteiger partial charge >= 0.3 is 5.97 Å². The molecule has 0 spiro atoms. The van der Waals surface area contributed by atoms with Crippen molar-refractivity contribution in [2.75, 3.05) is 31.7 Å². The number of hydrogen-bond acceptors (Lipinski definition) is 8. The fourth-order valence-electron chi connectivity index (χ4n) is 5.24. The van der Waals surface area contributed by atoms with E-state index in [1.165, 1.54) is 11.3 Å². The van der Waals surface area contributed by atoms with E-state index in [0.29, 0.717) is 38.5 Å². The van der Waals surface area contributed by atoms with Crippen LogP contribution in [-0.4, -0.2) is 37.3 Å². The molecule has 2 aliphatic rings. The van der Waals surface area contributed by atoms with E-state index in [1.54, 1.807) is 24.7 Å². The van der Waals surface area contributed by atoms with Gasteiger partial charge in [0.25, 0.3) is 5.56 Å². The number of rotatable bonds is 8. The van der Waals surface area contributed by atoms with Gasteiger partial charge in [-0.05, 0) is 71.8 Å². The topological polar surface area (TPSA) is 86.3 Å². The summed E-state index contributed by atoms with van der Waals surface area (Å²) in [6, 6.07) is 8.75. The highest BCUT2D eigenvalue weighted by Gasteiger charge is 2.34. The Morgan fingerprint density at radius 1 is 1.23 bits per heavy atom. The first-order valence-electron chi connectivity index (χ1n) is 13.7. The third-order valence-corrected chi connectivity index (χ3v) is 8.97. The molecule has 1 fully saturated rings. The number of hydrogen-bond donors (Lipinski definition) is 0. The molecule has 4 heterocycles. The molecule has 0 N–H and O–H groups in total. The zero-order chi connectivity index (χ0) is 28.4. The Hall–Kier alpha value is -3.11. The van der Waals surface area contributed by atoms with Crippen molar-refractivity contribution in [3.8, 4) is 5.75 Å². The summed E-state index contributed by atoms with van der Waals surface area (Å²) in [6.45, 7) is 8.24. The van der Waals surface area contributed by atoms with E-state index >= 15 is 0 Å². The van der Waals surface area contributed by atoms with Gasteiger partial charge in [-0.15, -0.1) is 0 Å². The molecule has 40 heavy (non-hydrogen) atoms. The Labute approximate surface area is 245 Å². The summed E-state index contributed by atoms with van der Waals surface area (Å²) >= 11 is 4.87. The van der Waals surface area contributed by atoms with Crippen molar-refractivity contribution in [3.63, 3.8) is 0 Å². The summed E-state index contributed by atoms with van der Waals surface area (Å²) in [7, 11) is 1.60. The highest BCUT2D eigenvalue weighted by Crippen LogP contribution is 2.36. The predicted molar refractivity (Wildman–Crippen MR) is 160 cm³/mol. The van der Waals surface area contributed by atoms with Crippen molar-refractivity contribution in [3.05, 3.63) is 77.1 Å². The Bertz CT molecular complexity index is 1610. The molecule has 1 atom stereocenters. The number of aromatic nitrogens is 1. The monoisotopic (exact) mass is 627 g/mol. The lowest BCUT2D eigenvalue weighted by Crippen LogP contribution is -2.40. The van der Waals surface area contributed by atoms with Crippen LogP contribution in [0.25, 0.3) is 6.08 Å². The number of furan rings is 1. The molecular formula is C30H34BrN3O5S. The molecule has 8 nitrogen and oxygen atoms in total. The molecule has 0 radical (unpaired) electrons. The van der Waals surface area contributed by atoms with Crippen LogP contribution in [0.1, 0.15) is 63.8 Å². The van der Waals surface area contributed by atoms with E-state index in [4.69, 9.17) is 18.9 Å². The summed E-state index contributed by atoms with van der Waals surface area (Å²) in [5.74, 6) is 2.35. The molecule has 0 amide bonds. The van der Waals surface area contributed by atoms with E-state index in [0.717, 1.165) is 54.2 Å². The number of halogens is 1. The number of benzene rings is 1. The summed E-state index contributed by atoms with van der Waals surface area (Å²) < 4.78 is 19.9. The number of piperidine rings is 1. The van der Waals surface area contributed by atoms with Gasteiger partial charge in [0, 0.05) is 25.2 Å². The molecule has 2 aromatic heterocycles. The number of esters is 1. The Kier molecular flexibility index (Phi) is 8.65. The van der Waals surface area contributed by atoms with E-state index in [-0.39, 0.29) is 12.2 Å². The fraction of sp³-hybridized carbons (Fsp3) is 0.433. The van der Waals surface area contributed by atoms with Crippen LogP contribution < -0.4 is 24.5 Å². The second-order valence-corrected chi connectivity index (χ2v) is 12.0. The quantitative estimate of drug-likeness (QED) is 0.320. The minimum atomic E-state index is -0.691. The zero-order valence-electron chi connectivity index (χ0n) is 23.2. The van der Waals surface area contributed by atoms with Gasteiger partial charge in [0.2, 0.25) is 0 Å². The average molecular weight is 629 g/mol. The lowest BCUT2D eigenvalue weighted by atomic mass is 9.94. The molecule has 1 saturated heterocycles. The van der Waals surface area contributed by atoms with Crippen LogP contribution in [0.3, 0.4) is 0 Å². The molecule has 0 aliphatic carbocycles. The van der Waals surface area contributed by atoms with E-state index < -0.39 is 12.0 Å². The van der Waals surface area contributed by atoms with Crippen molar-refractivity contribution in [2.45, 2.75) is 52.5 Å². The van der Waals surface area contributed by atoms with Crippen LogP contribution in [0, 0.1) is 5.92 Å². The molecule has 5 rings (SSSR count). The summed E-state index contributed by atoms with van der Waals surface area (Å²) in [4.78, 5) is 34.9. The van der Waals surface area contributed by atoms with Crippen molar-refractivity contribution in [1.29, 1.82) is 0 Å². The van der Waals surface area contributed by atoms with Gasteiger partial charge in [-0.2, -0.15) is 0 Å². The smallest absolute Gasteiger partial charge is 0.338 e. The molecular weight excluding hydrogens is 594 g/mol. The Balaban J connectivity index is 1.63. The largest absolute Gasteiger partial charge is 0.496 e. The van der Waals surface area contributed by atoms with Crippen molar-refractivity contribution in [1.82, 2.24) is 4.57 Å². The second-order valence-electron chi connectivity index (χ2n) is 10.2. The van der Waals surface area contributed by atoms with Crippen LogP contribution in [0.4, 0.5) is 5.88 Å². The van der Waals surface area contributed by atoms with E-state index in [9.17, 15) is 9.59 Å². The number of carbonyl (C=O) groups excluding carboxylic acids is 1. The first kappa shape index (κ1) is 28.4. The number of allylic oxidation sites excluding steroid dienone is 1. The third kappa shape index (κ3) is 5.56. The van der Waals surface area contributed by atoms with Gasteiger partial charge in [0.15, 0.2) is 10.7 Å². The van der Waals surface area contributed by atoms with E-state index in [1.807, 2.05) is 37.3 Å². The van der Waals surface area contributed by atoms with Crippen LogP contribution >= 0.6 is 27.3 Å². The van der Waals surface area contributed by atoms with Crippen LogP contribution in [0.5, 0.6) is 5.75 Å². The van der Waals surface area contributed by atoms with Gasteiger partial charge in [-0.25, -0.2) is 9.79 Å². The SMILES string of the molecule is CCCC1=C(C(=O)OCC)[C@H](c2ccc(OC)c(Br)c2)n2c(s/c(=C/c3ccc(N4CCC(C)CC4)o3)c2=O)=N1. The number of carbonyl (C=O) groups is 1. The maximum atomic E-state index is 14.0. The highest BCUT2D eigenvalue weighted by molar-refractivity contribution is 9.10. The molecule has 2 aliphatic heterocycles. The second kappa shape index (κ2) is 12.2. The average Bonchev–Trinajstić information content (AvgIpc) is 3.53. The number of anilines is 1. The van der Waals surface area contributed by atoms with E-state index in [2.05, 4.69) is 27.8 Å². The van der Waals surface area contributed by atoms with Crippen LogP contribution in [0.2, 0.25) is 0 Å². The van der Waals surface area contributed by atoms with Crippen LogP contribution in [-0.2, 0) is 9.53 Å². The Morgan fingerprint density at radius 2 is 2.00 bits per heavy atom. The molecule has 0 saturated carbocycles. The highest BCUT2D eigenvalue weighted by atomic mass is 79.9. The molecule has 10 heteroatoms. The minimum Gasteiger partial charge on any atom is -0.496 e. The molecule has 0 unspecified atom stereocenters. The number of methoxy groups -OCH3 is 1. The first-order valence-corrected chi connectivity index (χ1v) is 15.4. The first-order chi connectivity index (χ1) is 19.3. The van der Waals surface area contributed by atoms with Crippen molar-refractivity contribution < 1.29 is 18.7 Å². The van der Waals surface area contributed by atoms with Crippen molar-refractivity contribution >= 4 is 45.2 Å². The minimum absolute atomic E-state index is 0.224. The summed E-state index contributed by atoms with van der Waals surface area (Å²) in [5.41, 5.74) is 1.55. The zero-order valence-corrected chi connectivity index (χ0v) is 25.6. The van der Waals surface area contributed by atoms with Gasteiger partial charge in [-0.1, -0.05) is 37.7 Å². The van der Waals surface area contributed by atoms with Gasteiger partial charge in [-0.3, -0.25) is 9.36 Å². The van der Waals surface area contributed by atoms with Crippen LogP contribution in [0.15, 0.2) is 60.3 Å². The van der Waals surface area contributed by atoms with Gasteiger partial charge < -0.3 is 18.8 Å². The number of ether oxygens (including phenoxy) is 2. The summed E-state index contributed by atoms with van der Waals surface area (Å²) in [6.07, 6.45) is 5.43. The lowest BCUT2D eigenvalue weighted by Gasteiger charge is -2.29. The van der Waals surface area contributed by atoms with Gasteiger partial charge in [0.1, 0.15) is 11.5 Å². The van der Waals surface area contributed by atoms with Gasteiger partial charge in [0.05, 0.1) is 40.0 Å². The molecule has 0 bridgehead atoms. The predicted octanol–water partition coefficient (Wildman–Crippen LogP) is 5.18. The summed E-state index contributed by atoms with van der Waals surface area (Å²) in [5, 5.41) is 0. The third-order valence-electron chi connectivity index (χ3n) is 7.37. The molecule has 212 valence electrons. The Morgan fingerprint density at radius 3 is 2.67 bits per heavy atom. The molecule has 3 aromatic rings. The molecule has 1 aromatic carbocycles. The standard InChI is InChI=1S/C30H34BrN3O5S/c1-5-7-22-26(29(36)38-6-2)27(19-8-10-23(37-4)21(31)16-19)34-28(35)24(40-30(34)32-22)17-20-9-11-25(39-20)33-14-12-18(3)13-15-33/h8-11,16-18,27H,5-7,12-15H2,1-4H3/b24-17+/t27-/m0/s1.